The summed E-state index contributed by atoms with van der Waals surface area (Å²) in [5.41, 5.74) is 0.0369. The van der Waals surface area contributed by atoms with Crippen molar-refractivity contribution in [1.29, 1.82) is 0 Å². The molecule has 4 rings (SSSR count). The number of rotatable bonds is 8. The Morgan fingerprint density at radius 3 is 2.18 bits per heavy atom. The third-order valence-electron chi connectivity index (χ3n) is 5.49. The van der Waals surface area contributed by atoms with Gasteiger partial charge in [-0.05, 0) is 61.4 Å². The van der Waals surface area contributed by atoms with Gasteiger partial charge in [-0.1, -0.05) is 35.9 Å². The van der Waals surface area contributed by atoms with E-state index < -0.39 is 23.2 Å². The highest BCUT2D eigenvalue weighted by Gasteiger charge is 2.12. The molecule has 0 atom stereocenters. The number of carboxylic acids is 1. The van der Waals surface area contributed by atoms with Gasteiger partial charge in [-0.15, -0.1) is 0 Å². The quantitative estimate of drug-likeness (QED) is 0.352. The number of aromatic nitrogens is 3. The summed E-state index contributed by atoms with van der Waals surface area (Å²) in [4.78, 5) is 44.6. The molecule has 0 bridgehead atoms. The number of halogens is 2. The lowest BCUT2D eigenvalue weighted by molar-refractivity contribution is 0.0697. The van der Waals surface area contributed by atoms with E-state index in [1.54, 1.807) is 38.1 Å². The van der Waals surface area contributed by atoms with Crippen molar-refractivity contribution >= 4 is 23.3 Å². The first kappa shape index (κ1) is 26.6. The third-order valence-corrected chi connectivity index (χ3v) is 5.74. The molecular weight excluding hydrogens is 515 g/mol. The summed E-state index contributed by atoms with van der Waals surface area (Å²) in [6.45, 7) is 3.49. The maximum Gasteiger partial charge on any atom is 0.335 e. The van der Waals surface area contributed by atoms with Crippen molar-refractivity contribution in [1.82, 2.24) is 14.1 Å². The summed E-state index contributed by atoms with van der Waals surface area (Å²) in [6, 6.07) is 16.7. The van der Waals surface area contributed by atoms with E-state index >= 15 is 0 Å². The van der Waals surface area contributed by atoms with Crippen molar-refractivity contribution in [3.8, 4) is 5.75 Å². The van der Waals surface area contributed by atoms with Crippen LogP contribution in [0.15, 0.2) is 81.3 Å². The Bertz CT molecular complexity index is 1660. The van der Waals surface area contributed by atoms with Crippen molar-refractivity contribution in [3.05, 3.63) is 121 Å². The van der Waals surface area contributed by atoms with E-state index in [1.165, 1.54) is 41.0 Å². The molecule has 4 aromatic rings. The molecule has 0 saturated carbocycles. The van der Waals surface area contributed by atoms with E-state index in [0.717, 1.165) is 10.6 Å². The molecule has 0 saturated heterocycles. The maximum absolute atomic E-state index is 14.6. The summed E-state index contributed by atoms with van der Waals surface area (Å²) in [5, 5.41) is 9.63. The molecule has 0 unspecified atom stereocenters. The highest BCUT2D eigenvalue weighted by Crippen LogP contribution is 2.23. The number of carbonyl (C=O) groups is 1. The zero-order valence-corrected chi connectivity index (χ0v) is 21.3. The molecule has 0 radical (unpaired) electrons. The van der Waals surface area contributed by atoms with Crippen molar-refractivity contribution in [3.63, 3.8) is 0 Å². The molecule has 196 valence electrons. The van der Waals surface area contributed by atoms with Crippen molar-refractivity contribution in [2.45, 2.75) is 33.0 Å². The fourth-order valence-corrected chi connectivity index (χ4v) is 3.79. The van der Waals surface area contributed by atoms with Crippen LogP contribution in [-0.2, 0) is 13.1 Å². The summed E-state index contributed by atoms with van der Waals surface area (Å²) in [7, 11) is 0. The van der Waals surface area contributed by atoms with Crippen LogP contribution in [0.25, 0.3) is 0 Å². The number of hydrogen-bond acceptors (Lipinski definition) is 5. The van der Waals surface area contributed by atoms with E-state index in [9.17, 15) is 18.8 Å². The van der Waals surface area contributed by atoms with Crippen LogP contribution in [0.5, 0.6) is 5.75 Å². The number of ether oxygens (including phenoxy) is 1. The number of benzene rings is 3. The minimum atomic E-state index is -1.08. The minimum absolute atomic E-state index is 0.0423. The summed E-state index contributed by atoms with van der Waals surface area (Å²) < 4.78 is 22.2. The second-order valence-electron chi connectivity index (χ2n) is 8.73. The zero-order chi connectivity index (χ0) is 27.4. The highest BCUT2D eigenvalue weighted by atomic mass is 35.5. The number of nitrogens with one attached hydrogen (secondary N) is 1. The lowest BCUT2D eigenvalue weighted by atomic mass is 10.1. The molecular formula is C27H24ClFN4O5. The van der Waals surface area contributed by atoms with Gasteiger partial charge in [0.25, 0.3) is 0 Å². The van der Waals surface area contributed by atoms with E-state index in [1.807, 2.05) is 0 Å². The standard InChI is InChI=1S/C27H24ClFN4O5/c1-16(2)38-23-12-11-21(13-22(23)29)30-25-31-26(36)33(15-17-3-7-19(8-4-17)24(34)35)27(37)32(25)14-18-5-9-20(28)10-6-18/h3-13,16H,14-15H2,1-2H3,(H,34,35)(H,30,31,36). The van der Waals surface area contributed by atoms with Crippen LogP contribution in [-0.4, -0.2) is 31.3 Å². The van der Waals surface area contributed by atoms with Gasteiger partial charge in [0.1, 0.15) is 0 Å². The molecule has 0 aliphatic rings. The van der Waals surface area contributed by atoms with Gasteiger partial charge >= 0.3 is 17.3 Å². The molecule has 9 nitrogen and oxygen atoms in total. The lowest BCUT2D eigenvalue weighted by Gasteiger charge is -2.12. The fourth-order valence-electron chi connectivity index (χ4n) is 3.66. The second-order valence-corrected chi connectivity index (χ2v) is 9.17. The highest BCUT2D eigenvalue weighted by molar-refractivity contribution is 6.30. The first-order chi connectivity index (χ1) is 18.1. The predicted molar refractivity (Wildman–Crippen MR) is 140 cm³/mol. The van der Waals surface area contributed by atoms with Gasteiger partial charge in [-0.2, -0.15) is 0 Å². The topological polar surface area (TPSA) is 119 Å². The number of aromatic carboxylic acids is 1. The Labute approximate surface area is 221 Å². The molecule has 0 aliphatic heterocycles. The predicted octanol–water partition coefficient (Wildman–Crippen LogP) is 3.95. The molecule has 11 heteroatoms. The van der Waals surface area contributed by atoms with Gasteiger partial charge in [0.15, 0.2) is 11.6 Å². The average Bonchev–Trinajstić information content (AvgIpc) is 2.87. The number of aromatic amines is 1. The monoisotopic (exact) mass is 538 g/mol. The summed E-state index contributed by atoms with van der Waals surface area (Å²) >= 11 is 5.99. The normalized spacial score (nSPS) is 11.7. The van der Waals surface area contributed by atoms with Crippen LogP contribution >= 0.6 is 11.6 Å². The van der Waals surface area contributed by atoms with E-state index in [-0.39, 0.29) is 41.8 Å². The average molecular weight is 539 g/mol. The van der Waals surface area contributed by atoms with E-state index in [0.29, 0.717) is 16.1 Å². The van der Waals surface area contributed by atoms with Gasteiger partial charge in [0, 0.05) is 11.1 Å². The molecule has 1 heterocycles. The molecule has 3 aromatic carbocycles. The number of nitrogens with zero attached hydrogens (tertiary/aromatic N) is 3. The number of H-pyrrole nitrogens is 1. The van der Waals surface area contributed by atoms with Gasteiger partial charge in [-0.25, -0.2) is 28.3 Å². The largest absolute Gasteiger partial charge is 0.488 e. The smallest absolute Gasteiger partial charge is 0.335 e. The van der Waals surface area contributed by atoms with Crippen LogP contribution < -0.4 is 21.7 Å². The molecule has 2 N–H and O–H groups in total. The van der Waals surface area contributed by atoms with Crippen LogP contribution in [0.2, 0.25) is 5.02 Å². The Balaban J connectivity index is 1.81. The van der Waals surface area contributed by atoms with Gasteiger partial charge < -0.3 is 9.84 Å². The van der Waals surface area contributed by atoms with E-state index in [2.05, 4.69) is 9.98 Å². The van der Waals surface area contributed by atoms with Crippen LogP contribution in [0.4, 0.5) is 10.1 Å². The number of carboxylic acid groups (broad SMARTS) is 1. The maximum atomic E-state index is 14.6. The van der Waals surface area contributed by atoms with Crippen LogP contribution in [0, 0.1) is 5.82 Å². The first-order valence-corrected chi connectivity index (χ1v) is 12.0. The fraction of sp³-hybridized carbons (Fsp3) is 0.185. The van der Waals surface area contributed by atoms with E-state index in [4.69, 9.17) is 21.4 Å². The zero-order valence-electron chi connectivity index (χ0n) is 20.5. The van der Waals surface area contributed by atoms with Gasteiger partial charge in [-0.3, -0.25) is 9.55 Å². The second kappa shape index (κ2) is 11.3. The van der Waals surface area contributed by atoms with Crippen molar-refractivity contribution in [2.75, 3.05) is 0 Å². The lowest BCUT2D eigenvalue weighted by Crippen LogP contribution is -2.50. The number of hydrogen-bond donors (Lipinski definition) is 2. The summed E-state index contributed by atoms with van der Waals surface area (Å²) in [5.74, 6) is -1.66. The van der Waals surface area contributed by atoms with Gasteiger partial charge in [0.05, 0.1) is 30.4 Å². The van der Waals surface area contributed by atoms with Crippen molar-refractivity contribution in [2.24, 2.45) is 4.99 Å². The molecule has 0 amide bonds. The summed E-state index contributed by atoms with van der Waals surface area (Å²) in [6.07, 6.45) is -0.224. The Morgan fingerprint density at radius 2 is 1.61 bits per heavy atom. The molecule has 0 spiro atoms. The molecule has 38 heavy (non-hydrogen) atoms. The Morgan fingerprint density at radius 1 is 1.00 bits per heavy atom. The Kier molecular flexibility index (Phi) is 7.92. The van der Waals surface area contributed by atoms with Crippen molar-refractivity contribution < 1.29 is 19.0 Å². The van der Waals surface area contributed by atoms with Gasteiger partial charge in [0.2, 0.25) is 5.62 Å². The molecule has 0 fully saturated rings. The SMILES string of the molecule is CC(C)Oc1ccc(/N=c2\[nH]c(=O)n(Cc3ccc(C(=O)O)cc3)c(=O)n2Cc2ccc(Cl)cc2)cc1F. The molecule has 0 aliphatic carbocycles. The molecule has 1 aromatic heterocycles. The minimum Gasteiger partial charge on any atom is -0.488 e. The first-order valence-electron chi connectivity index (χ1n) is 11.6. The Hall–Kier alpha value is -4.44. The van der Waals surface area contributed by atoms with Crippen LogP contribution in [0.3, 0.4) is 0 Å². The third kappa shape index (κ3) is 6.27. The van der Waals surface area contributed by atoms with Crippen LogP contribution in [0.1, 0.15) is 35.3 Å².